The molecule has 1 aliphatic heterocycles. The molecule has 7 heteroatoms. The molecule has 0 saturated carbocycles. The third-order valence-corrected chi connectivity index (χ3v) is 4.76. The third-order valence-electron chi connectivity index (χ3n) is 4.76. The van der Waals surface area contributed by atoms with Gasteiger partial charge in [-0.3, -0.25) is 4.79 Å². The van der Waals surface area contributed by atoms with Crippen LogP contribution in [0.25, 0.3) is 0 Å². The Kier molecular flexibility index (Phi) is 10.2. The first-order chi connectivity index (χ1) is 12.8. The fraction of sp³-hybridized carbons (Fsp3) is 0.619. The number of benzene rings is 1. The molecule has 28 heavy (non-hydrogen) atoms. The third kappa shape index (κ3) is 7.95. The number of carbonyl (C=O) groups is 1. The van der Waals surface area contributed by atoms with E-state index >= 15 is 0 Å². The molecule has 1 saturated heterocycles. The number of likely N-dealkylation sites (N-methyl/N-ethyl adjacent to an activating group) is 1. The molecule has 1 amide bonds. The number of halogens is 1. The van der Waals surface area contributed by atoms with Gasteiger partial charge in [0.25, 0.3) is 5.91 Å². The van der Waals surface area contributed by atoms with E-state index in [0.717, 1.165) is 37.7 Å². The molecular weight excluding hydrogens is 465 g/mol. The van der Waals surface area contributed by atoms with E-state index in [2.05, 4.69) is 36.3 Å². The van der Waals surface area contributed by atoms with Crippen molar-refractivity contribution in [2.45, 2.75) is 33.7 Å². The van der Waals surface area contributed by atoms with Crippen LogP contribution < -0.4 is 10.6 Å². The lowest BCUT2D eigenvalue weighted by Crippen LogP contribution is -2.40. The second kappa shape index (κ2) is 11.6. The summed E-state index contributed by atoms with van der Waals surface area (Å²) in [4.78, 5) is 21.5. The van der Waals surface area contributed by atoms with E-state index in [-0.39, 0.29) is 29.9 Å². The van der Waals surface area contributed by atoms with Crippen molar-refractivity contribution < 1.29 is 4.79 Å². The second-order valence-electron chi connectivity index (χ2n) is 8.27. The summed E-state index contributed by atoms with van der Waals surface area (Å²) >= 11 is 0. The van der Waals surface area contributed by atoms with Gasteiger partial charge in [0.15, 0.2) is 5.96 Å². The summed E-state index contributed by atoms with van der Waals surface area (Å²) in [6.07, 6.45) is 1.18. The summed E-state index contributed by atoms with van der Waals surface area (Å²) in [6, 6.07) is 7.74. The Hall–Kier alpha value is -1.35. The molecule has 1 heterocycles. The number of guanidine groups is 1. The van der Waals surface area contributed by atoms with Crippen molar-refractivity contribution in [3.8, 4) is 0 Å². The van der Waals surface area contributed by atoms with Gasteiger partial charge in [0, 0.05) is 38.3 Å². The smallest absolute Gasteiger partial charge is 0.251 e. The van der Waals surface area contributed by atoms with Crippen molar-refractivity contribution in [3.63, 3.8) is 0 Å². The Morgan fingerprint density at radius 3 is 2.64 bits per heavy atom. The zero-order chi connectivity index (χ0) is 19.9. The largest absolute Gasteiger partial charge is 0.357 e. The Bertz CT molecular complexity index is 660. The lowest BCUT2D eigenvalue weighted by Gasteiger charge is -2.23. The summed E-state index contributed by atoms with van der Waals surface area (Å²) in [5.74, 6) is 0.930. The number of likely N-dealkylation sites (tertiary alicyclic amines) is 1. The Labute approximate surface area is 187 Å². The molecule has 1 aromatic rings. The van der Waals surface area contributed by atoms with Gasteiger partial charge < -0.3 is 20.4 Å². The molecule has 0 spiro atoms. The maximum atomic E-state index is 12.3. The number of nitrogens with one attached hydrogen (secondary N) is 2. The van der Waals surface area contributed by atoms with Crippen LogP contribution in [0.2, 0.25) is 0 Å². The van der Waals surface area contributed by atoms with Crippen molar-refractivity contribution in [1.29, 1.82) is 0 Å². The molecular formula is C21H36IN5O. The van der Waals surface area contributed by atoms with Crippen LogP contribution in [0.5, 0.6) is 0 Å². The van der Waals surface area contributed by atoms with E-state index < -0.39 is 0 Å². The number of amides is 1. The van der Waals surface area contributed by atoms with Gasteiger partial charge in [-0.1, -0.05) is 26.0 Å². The lowest BCUT2D eigenvalue weighted by atomic mass is 9.93. The summed E-state index contributed by atoms with van der Waals surface area (Å²) in [5, 5.41) is 6.36. The monoisotopic (exact) mass is 501 g/mol. The maximum absolute atomic E-state index is 12.3. The molecule has 1 aliphatic rings. The SMILES string of the molecule is CCNC(=NCc1cccc(C(=O)NCCN(C)C)c1)N1CCC(C)(C)C1.I. The number of rotatable bonds is 7. The maximum Gasteiger partial charge on any atom is 0.251 e. The normalized spacial score (nSPS) is 16.1. The van der Waals surface area contributed by atoms with Gasteiger partial charge in [0.1, 0.15) is 0 Å². The molecule has 0 radical (unpaired) electrons. The van der Waals surface area contributed by atoms with Gasteiger partial charge in [-0.25, -0.2) is 4.99 Å². The lowest BCUT2D eigenvalue weighted by molar-refractivity contribution is 0.0951. The van der Waals surface area contributed by atoms with Crippen LogP contribution in [0.4, 0.5) is 0 Å². The van der Waals surface area contributed by atoms with Crippen LogP contribution in [0.15, 0.2) is 29.3 Å². The Balaban J connectivity index is 0.00000392. The zero-order valence-corrected chi connectivity index (χ0v) is 20.2. The highest BCUT2D eigenvalue weighted by atomic mass is 127. The van der Waals surface area contributed by atoms with Crippen LogP contribution >= 0.6 is 24.0 Å². The predicted molar refractivity (Wildman–Crippen MR) is 128 cm³/mol. The van der Waals surface area contributed by atoms with Crippen LogP contribution in [0.3, 0.4) is 0 Å². The first kappa shape index (κ1) is 24.7. The molecule has 158 valence electrons. The molecule has 2 N–H and O–H groups in total. The van der Waals surface area contributed by atoms with E-state index in [0.29, 0.717) is 24.1 Å². The zero-order valence-electron chi connectivity index (χ0n) is 17.9. The first-order valence-electron chi connectivity index (χ1n) is 9.86. The fourth-order valence-electron chi connectivity index (χ4n) is 3.19. The number of hydrogen-bond donors (Lipinski definition) is 2. The average Bonchev–Trinajstić information content (AvgIpc) is 2.98. The number of nitrogens with zero attached hydrogens (tertiary/aromatic N) is 3. The van der Waals surface area contributed by atoms with Gasteiger partial charge in [-0.2, -0.15) is 0 Å². The Morgan fingerprint density at radius 1 is 1.29 bits per heavy atom. The summed E-state index contributed by atoms with van der Waals surface area (Å²) in [7, 11) is 3.99. The molecule has 0 aliphatic carbocycles. The van der Waals surface area contributed by atoms with Gasteiger partial charge >= 0.3 is 0 Å². The standard InChI is InChI=1S/C21H35N5O.HI/c1-6-22-20(26-12-10-21(2,3)16-26)24-15-17-8-7-9-18(14-17)19(27)23-11-13-25(4)5;/h7-9,14H,6,10-13,15-16H2,1-5H3,(H,22,24)(H,23,27);1H. The van der Waals surface area contributed by atoms with Gasteiger partial charge in [-0.05, 0) is 50.6 Å². The van der Waals surface area contributed by atoms with E-state index in [9.17, 15) is 4.79 Å². The van der Waals surface area contributed by atoms with Crippen molar-refractivity contribution >= 4 is 35.8 Å². The topological polar surface area (TPSA) is 60.0 Å². The van der Waals surface area contributed by atoms with Crippen molar-refractivity contribution in [3.05, 3.63) is 35.4 Å². The van der Waals surface area contributed by atoms with Gasteiger partial charge in [0.05, 0.1) is 6.54 Å². The quantitative estimate of drug-likeness (QED) is 0.343. The van der Waals surface area contributed by atoms with Crippen LogP contribution in [0.1, 0.15) is 43.1 Å². The number of aliphatic imine (C=N–C) groups is 1. The van der Waals surface area contributed by atoms with Crippen molar-refractivity contribution in [2.24, 2.45) is 10.4 Å². The van der Waals surface area contributed by atoms with Gasteiger partial charge in [0.2, 0.25) is 0 Å². The second-order valence-corrected chi connectivity index (χ2v) is 8.27. The average molecular weight is 501 g/mol. The van der Waals surface area contributed by atoms with E-state index in [1.54, 1.807) is 0 Å². The van der Waals surface area contributed by atoms with E-state index in [1.807, 2.05) is 43.3 Å². The molecule has 6 nitrogen and oxygen atoms in total. The first-order valence-corrected chi connectivity index (χ1v) is 9.86. The van der Waals surface area contributed by atoms with Crippen molar-refractivity contribution in [2.75, 3.05) is 46.8 Å². The molecule has 0 bridgehead atoms. The van der Waals surface area contributed by atoms with Crippen LogP contribution in [0, 0.1) is 5.41 Å². The summed E-state index contributed by atoms with van der Waals surface area (Å²) in [5.41, 5.74) is 2.07. The highest BCUT2D eigenvalue weighted by Crippen LogP contribution is 2.28. The summed E-state index contributed by atoms with van der Waals surface area (Å²) in [6.45, 7) is 11.6. The van der Waals surface area contributed by atoms with Gasteiger partial charge in [-0.15, -0.1) is 24.0 Å². The van der Waals surface area contributed by atoms with E-state index in [4.69, 9.17) is 4.99 Å². The van der Waals surface area contributed by atoms with Crippen LogP contribution in [-0.4, -0.2) is 68.5 Å². The minimum absolute atomic E-state index is 0. The number of hydrogen-bond acceptors (Lipinski definition) is 3. The highest BCUT2D eigenvalue weighted by Gasteiger charge is 2.30. The number of carbonyl (C=O) groups excluding carboxylic acids is 1. The minimum atomic E-state index is -0.0316. The predicted octanol–water partition coefficient (Wildman–Crippen LogP) is 2.79. The highest BCUT2D eigenvalue weighted by molar-refractivity contribution is 14.0. The van der Waals surface area contributed by atoms with Crippen molar-refractivity contribution in [1.82, 2.24) is 20.4 Å². The Morgan fingerprint density at radius 2 is 2.04 bits per heavy atom. The minimum Gasteiger partial charge on any atom is -0.357 e. The molecule has 0 unspecified atom stereocenters. The molecule has 1 aromatic carbocycles. The molecule has 0 aromatic heterocycles. The van der Waals surface area contributed by atoms with Crippen LogP contribution in [-0.2, 0) is 6.54 Å². The fourth-order valence-corrected chi connectivity index (χ4v) is 3.19. The molecule has 1 fully saturated rings. The molecule has 0 atom stereocenters. The summed E-state index contributed by atoms with van der Waals surface area (Å²) < 4.78 is 0. The molecule has 2 rings (SSSR count). The van der Waals surface area contributed by atoms with E-state index in [1.165, 1.54) is 6.42 Å².